The van der Waals surface area contributed by atoms with E-state index < -0.39 is 4.92 Å². The first-order valence-corrected chi connectivity index (χ1v) is 8.28. The topological polar surface area (TPSA) is 120 Å². The van der Waals surface area contributed by atoms with Crippen molar-refractivity contribution >= 4 is 35.0 Å². The molecule has 0 atom stereocenters. The number of aromatic nitrogens is 3. The highest BCUT2D eigenvalue weighted by atomic mass is 32.2. The molecule has 0 aliphatic rings. The van der Waals surface area contributed by atoms with Crippen molar-refractivity contribution in [2.24, 2.45) is 0 Å². The van der Waals surface area contributed by atoms with Gasteiger partial charge in [-0.3, -0.25) is 10.1 Å². The molecule has 0 bridgehead atoms. The number of non-ortho nitro benzene ring substituents is 1. The van der Waals surface area contributed by atoms with Gasteiger partial charge in [0.2, 0.25) is 11.9 Å². The van der Waals surface area contributed by atoms with E-state index in [9.17, 15) is 10.1 Å². The van der Waals surface area contributed by atoms with Crippen LogP contribution < -0.4 is 11.1 Å². The van der Waals surface area contributed by atoms with Crippen LogP contribution in [0.5, 0.6) is 0 Å². The summed E-state index contributed by atoms with van der Waals surface area (Å²) in [6, 6.07) is 15.8. The van der Waals surface area contributed by atoms with Gasteiger partial charge in [0.05, 0.1) is 10.7 Å². The Morgan fingerprint density at radius 2 is 1.76 bits per heavy atom. The maximum absolute atomic E-state index is 10.7. The van der Waals surface area contributed by atoms with Crippen LogP contribution in [-0.2, 0) is 5.75 Å². The van der Waals surface area contributed by atoms with Crippen molar-refractivity contribution in [1.29, 1.82) is 0 Å². The molecule has 0 spiro atoms. The van der Waals surface area contributed by atoms with Gasteiger partial charge in [-0.1, -0.05) is 18.2 Å². The van der Waals surface area contributed by atoms with E-state index >= 15 is 0 Å². The van der Waals surface area contributed by atoms with Gasteiger partial charge in [0.15, 0.2) is 0 Å². The fraction of sp³-hybridized carbons (Fsp3) is 0.0625. The molecule has 3 rings (SSSR count). The van der Waals surface area contributed by atoms with E-state index in [1.807, 2.05) is 30.3 Å². The van der Waals surface area contributed by atoms with Crippen LogP contribution in [0.1, 0.15) is 5.82 Å². The summed E-state index contributed by atoms with van der Waals surface area (Å²) >= 11 is 1.46. The number of benzene rings is 2. The first kappa shape index (κ1) is 16.7. The number of anilines is 3. The largest absolute Gasteiger partial charge is 0.368 e. The third-order valence-electron chi connectivity index (χ3n) is 3.14. The van der Waals surface area contributed by atoms with E-state index in [4.69, 9.17) is 5.73 Å². The third-order valence-corrected chi connectivity index (χ3v) is 4.15. The van der Waals surface area contributed by atoms with Crippen LogP contribution in [0.25, 0.3) is 0 Å². The van der Waals surface area contributed by atoms with E-state index in [-0.39, 0.29) is 11.6 Å². The predicted molar refractivity (Wildman–Crippen MR) is 96.6 cm³/mol. The molecule has 0 saturated carbocycles. The first-order valence-electron chi connectivity index (χ1n) is 7.30. The highest BCUT2D eigenvalue weighted by Crippen LogP contribution is 2.24. The predicted octanol–water partition coefficient (Wildman–Crippen LogP) is 3.40. The fourth-order valence-electron chi connectivity index (χ4n) is 2.02. The number of rotatable bonds is 6. The summed E-state index contributed by atoms with van der Waals surface area (Å²) in [5.74, 6) is 1.49. The van der Waals surface area contributed by atoms with Gasteiger partial charge in [-0.15, -0.1) is 11.8 Å². The maximum Gasteiger partial charge on any atom is 0.269 e. The molecule has 0 radical (unpaired) electrons. The standard InChI is InChI=1S/C16H14N6O2S/c17-15-19-14(10-25-13-8-6-12(7-9-13)22(23)24)20-16(21-15)18-11-4-2-1-3-5-11/h1-9H,10H2,(H3,17,18,19,20,21). The minimum absolute atomic E-state index is 0.0584. The second kappa shape index (κ2) is 7.58. The SMILES string of the molecule is Nc1nc(CSc2ccc([N+](=O)[O-])cc2)nc(Nc2ccccc2)n1. The lowest BCUT2D eigenvalue weighted by Gasteiger charge is -2.07. The number of hydrogen-bond donors (Lipinski definition) is 2. The summed E-state index contributed by atoms with van der Waals surface area (Å²) in [5.41, 5.74) is 6.66. The van der Waals surface area contributed by atoms with Gasteiger partial charge in [0, 0.05) is 22.7 Å². The van der Waals surface area contributed by atoms with Gasteiger partial charge in [-0.2, -0.15) is 15.0 Å². The molecule has 25 heavy (non-hydrogen) atoms. The summed E-state index contributed by atoms with van der Waals surface area (Å²) in [6.45, 7) is 0. The summed E-state index contributed by atoms with van der Waals surface area (Å²) in [6.07, 6.45) is 0. The third kappa shape index (κ3) is 4.64. The monoisotopic (exact) mass is 354 g/mol. The van der Waals surface area contributed by atoms with E-state index in [2.05, 4.69) is 20.3 Å². The molecule has 3 aromatic rings. The Morgan fingerprint density at radius 1 is 1.04 bits per heavy atom. The van der Waals surface area contributed by atoms with Crippen molar-refractivity contribution in [2.75, 3.05) is 11.1 Å². The van der Waals surface area contributed by atoms with E-state index in [0.29, 0.717) is 17.5 Å². The Bertz CT molecular complexity index is 874. The van der Waals surface area contributed by atoms with E-state index in [0.717, 1.165) is 10.6 Å². The van der Waals surface area contributed by atoms with Crippen LogP contribution in [0.2, 0.25) is 0 Å². The molecule has 126 valence electrons. The smallest absolute Gasteiger partial charge is 0.269 e. The number of nitrogens with one attached hydrogen (secondary N) is 1. The first-order chi connectivity index (χ1) is 12.1. The van der Waals surface area contributed by atoms with E-state index in [1.165, 1.54) is 23.9 Å². The normalized spacial score (nSPS) is 10.4. The average Bonchev–Trinajstić information content (AvgIpc) is 2.61. The molecular formula is C16H14N6O2S. The number of hydrogen-bond acceptors (Lipinski definition) is 8. The Labute approximate surface area is 147 Å². The van der Waals surface area contributed by atoms with Crippen LogP contribution in [-0.4, -0.2) is 19.9 Å². The fourth-order valence-corrected chi connectivity index (χ4v) is 2.77. The van der Waals surface area contributed by atoms with Crippen LogP contribution in [0.4, 0.5) is 23.3 Å². The number of nitrogen functional groups attached to an aromatic ring is 1. The number of para-hydroxylation sites is 1. The molecule has 3 N–H and O–H groups in total. The number of thioether (sulfide) groups is 1. The Balaban J connectivity index is 1.69. The molecule has 0 aliphatic carbocycles. The molecule has 1 aromatic heterocycles. The maximum atomic E-state index is 10.7. The second-order valence-corrected chi connectivity index (χ2v) is 6.01. The van der Waals surface area contributed by atoms with Crippen molar-refractivity contribution in [1.82, 2.24) is 15.0 Å². The second-order valence-electron chi connectivity index (χ2n) is 4.96. The lowest BCUT2D eigenvalue weighted by Crippen LogP contribution is -2.06. The molecule has 0 unspecified atom stereocenters. The molecule has 0 aliphatic heterocycles. The van der Waals surface area contributed by atoms with Crippen molar-refractivity contribution < 1.29 is 4.92 Å². The van der Waals surface area contributed by atoms with Gasteiger partial charge in [-0.05, 0) is 24.3 Å². The summed E-state index contributed by atoms with van der Waals surface area (Å²) < 4.78 is 0. The average molecular weight is 354 g/mol. The zero-order valence-electron chi connectivity index (χ0n) is 13.0. The lowest BCUT2D eigenvalue weighted by molar-refractivity contribution is -0.384. The van der Waals surface area contributed by atoms with Crippen molar-refractivity contribution in [2.45, 2.75) is 10.6 Å². The molecule has 9 heteroatoms. The number of nitro groups is 1. The molecule has 0 amide bonds. The Morgan fingerprint density at radius 3 is 2.44 bits per heavy atom. The number of nitrogens with two attached hydrogens (primary N) is 1. The quantitative estimate of drug-likeness (QED) is 0.392. The summed E-state index contributed by atoms with van der Waals surface area (Å²) in [7, 11) is 0. The highest BCUT2D eigenvalue weighted by Gasteiger charge is 2.08. The van der Waals surface area contributed by atoms with E-state index in [1.54, 1.807) is 12.1 Å². The number of nitrogens with zero attached hydrogens (tertiary/aromatic N) is 4. The van der Waals surface area contributed by atoms with Crippen LogP contribution in [0.3, 0.4) is 0 Å². The molecule has 0 saturated heterocycles. The Kier molecular flexibility index (Phi) is 5.05. The van der Waals surface area contributed by atoms with Gasteiger partial charge >= 0.3 is 0 Å². The molecule has 8 nitrogen and oxygen atoms in total. The molecular weight excluding hydrogens is 340 g/mol. The minimum Gasteiger partial charge on any atom is -0.368 e. The zero-order valence-corrected chi connectivity index (χ0v) is 13.8. The zero-order chi connectivity index (χ0) is 17.6. The molecule has 0 fully saturated rings. The van der Waals surface area contributed by atoms with Crippen molar-refractivity contribution in [3.8, 4) is 0 Å². The Hall–Kier alpha value is -3.20. The van der Waals surface area contributed by atoms with Crippen LogP contribution in [0, 0.1) is 10.1 Å². The molecule has 2 aromatic carbocycles. The molecule has 1 heterocycles. The van der Waals surface area contributed by atoms with Crippen LogP contribution in [0.15, 0.2) is 59.5 Å². The lowest BCUT2D eigenvalue weighted by atomic mass is 10.3. The van der Waals surface area contributed by atoms with Crippen molar-refractivity contribution in [3.05, 3.63) is 70.5 Å². The van der Waals surface area contributed by atoms with Crippen molar-refractivity contribution in [3.63, 3.8) is 0 Å². The summed E-state index contributed by atoms with van der Waals surface area (Å²) in [4.78, 5) is 23.7. The van der Waals surface area contributed by atoms with Gasteiger partial charge in [0.1, 0.15) is 5.82 Å². The summed E-state index contributed by atoms with van der Waals surface area (Å²) in [5, 5.41) is 13.7. The highest BCUT2D eigenvalue weighted by molar-refractivity contribution is 7.98. The van der Waals surface area contributed by atoms with Gasteiger partial charge < -0.3 is 11.1 Å². The minimum atomic E-state index is -0.428. The van der Waals surface area contributed by atoms with Gasteiger partial charge in [-0.25, -0.2) is 0 Å². The van der Waals surface area contributed by atoms with Crippen LogP contribution >= 0.6 is 11.8 Å². The van der Waals surface area contributed by atoms with Gasteiger partial charge in [0.25, 0.3) is 5.69 Å². The number of nitro benzene ring substituents is 1.